The number of sulfonamides is 1. The van der Waals surface area contributed by atoms with Crippen molar-refractivity contribution in [3.63, 3.8) is 0 Å². The lowest BCUT2D eigenvalue weighted by molar-refractivity contribution is -0.116. The molecule has 0 unspecified atom stereocenters. The average Bonchev–Trinajstić information content (AvgIpc) is 2.99. The standard InChI is InChI=1S/C11H13BrN2O3S/c12-9-6-8(3-4-10(9)18(13,16)17)14-11(15)5-7-1-2-7/h3-4,6-7H,1-2,5H2,(H,14,15)(H2,13,16,17). The Kier molecular flexibility index (Phi) is 3.74. The monoisotopic (exact) mass is 332 g/mol. The van der Waals surface area contributed by atoms with Crippen LogP contribution >= 0.6 is 15.9 Å². The Hall–Kier alpha value is -0.920. The highest BCUT2D eigenvalue weighted by atomic mass is 79.9. The summed E-state index contributed by atoms with van der Waals surface area (Å²) >= 11 is 3.13. The molecule has 18 heavy (non-hydrogen) atoms. The SMILES string of the molecule is NS(=O)(=O)c1ccc(NC(=O)CC2CC2)cc1Br. The molecule has 1 amide bonds. The molecule has 0 saturated heterocycles. The highest BCUT2D eigenvalue weighted by Gasteiger charge is 2.24. The van der Waals surface area contributed by atoms with Crippen LogP contribution in [0.15, 0.2) is 27.6 Å². The normalized spacial score (nSPS) is 15.4. The third kappa shape index (κ3) is 3.54. The number of nitrogens with two attached hydrogens (primary N) is 1. The summed E-state index contributed by atoms with van der Waals surface area (Å²) in [6.07, 6.45) is 2.75. The average molecular weight is 333 g/mol. The summed E-state index contributed by atoms with van der Waals surface area (Å²) in [6, 6.07) is 4.42. The number of benzene rings is 1. The van der Waals surface area contributed by atoms with Gasteiger partial charge in [0, 0.05) is 16.6 Å². The van der Waals surface area contributed by atoms with Crippen LogP contribution in [0.5, 0.6) is 0 Å². The van der Waals surface area contributed by atoms with Crippen molar-refractivity contribution in [3.05, 3.63) is 22.7 Å². The van der Waals surface area contributed by atoms with Gasteiger partial charge in [-0.2, -0.15) is 0 Å². The Labute approximate surface area is 114 Å². The molecule has 98 valence electrons. The summed E-state index contributed by atoms with van der Waals surface area (Å²) in [4.78, 5) is 11.6. The van der Waals surface area contributed by atoms with E-state index in [9.17, 15) is 13.2 Å². The van der Waals surface area contributed by atoms with Gasteiger partial charge in [0.1, 0.15) is 0 Å². The number of carbonyl (C=O) groups is 1. The van der Waals surface area contributed by atoms with Gasteiger partial charge in [0.25, 0.3) is 0 Å². The predicted molar refractivity (Wildman–Crippen MR) is 71.5 cm³/mol. The van der Waals surface area contributed by atoms with Crippen LogP contribution < -0.4 is 10.5 Å². The van der Waals surface area contributed by atoms with E-state index >= 15 is 0 Å². The van der Waals surface area contributed by atoms with Crippen LogP contribution in [0.1, 0.15) is 19.3 Å². The lowest BCUT2D eigenvalue weighted by Gasteiger charge is -2.07. The van der Waals surface area contributed by atoms with E-state index < -0.39 is 10.0 Å². The van der Waals surface area contributed by atoms with Crippen molar-refractivity contribution < 1.29 is 13.2 Å². The van der Waals surface area contributed by atoms with Crippen molar-refractivity contribution in [2.75, 3.05) is 5.32 Å². The molecule has 1 fully saturated rings. The molecule has 0 aliphatic heterocycles. The van der Waals surface area contributed by atoms with E-state index in [1.807, 2.05) is 0 Å². The summed E-state index contributed by atoms with van der Waals surface area (Å²) in [5, 5.41) is 7.77. The van der Waals surface area contributed by atoms with Crippen molar-refractivity contribution in [1.29, 1.82) is 0 Å². The van der Waals surface area contributed by atoms with E-state index in [0.29, 0.717) is 22.5 Å². The number of rotatable bonds is 4. The second kappa shape index (κ2) is 4.99. The van der Waals surface area contributed by atoms with E-state index in [1.54, 1.807) is 0 Å². The minimum Gasteiger partial charge on any atom is -0.326 e. The zero-order valence-corrected chi connectivity index (χ0v) is 11.9. The minimum absolute atomic E-state index is 0.00249. The van der Waals surface area contributed by atoms with Gasteiger partial charge in [-0.3, -0.25) is 4.79 Å². The van der Waals surface area contributed by atoms with Gasteiger partial charge in [0.15, 0.2) is 0 Å². The van der Waals surface area contributed by atoms with E-state index in [2.05, 4.69) is 21.2 Å². The number of halogens is 1. The van der Waals surface area contributed by atoms with Crippen molar-refractivity contribution in [2.24, 2.45) is 11.1 Å². The van der Waals surface area contributed by atoms with Crippen molar-refractivity contribution in [1.82, 2.24) is 0 Å². The van der Waals surface area contributed by atoms with Crippen LogP contribution in [-0.2, 0) is 14.8 Å². The van der Waals surface area contributed by atoms with Gasteiger partial charge >= 0.3 is 0 Å². The van der Waals surface area contributed by atoms with Gasteiger partial charge in [-0.1, -0.05) is 0 Å². The fourth-order valence-electron chi connectivity index (χ4n) is 1.61. The summed E-state index contributed by atoms with van der Waals surface area (Å²) in [5.74, 6) is 0.463. The Morgan fingerprint density at radius 1 is 1.44 bits per heavy atom. The fourth-order valence-corrected chi connectivity index (χ4v) is 3.25. The van der Waals surface area contributed by atoms with E-state index in [0.717, 1.165) is 12.8 Å². The Bertz CT molecular complexity index is 582. The number of primary sulfonamides is 1. The number of anilines is 1. The first-order valence-electron chi connectivity index (χ1n) is 5.48. The van der Waals surface area contributed by atoms with Gasteiger partial charge in [-0.25, -0.2) is 13.6 Å². The first-order valence-corrected chi connectivity index (χ1v) is 7.82. The molecule has 1 aliphatic rings. The molecule has 5 nitrogen and oxygen atoms in total. The van der Waals surface area contributed by atoms with Crippen LogP contribution in [0.3, 0.4) is 0 Å². The first-order chi connectivity index (χ1) is 8.36. The van der Waals surface area contributed by atoms with Crippen molar-refractivity contribution in [3.8, 4) is 0 Å². The van der Waals surface area contributed by atoms with Crippen LogP contribution in [0, 0.1) is 5.92 Å². The number of carbonyl (C=O) groups excluding carboxylic acids is 1. The molecule has 0 spiro atoms. The van der Waals surface area contributed by atoms with Crippen LogP contribution in [-0.4, -0.2) is 14.3 Å². The van der Waals surface area contributed by atoms with E-state index in [1.165, 1.54) is 18.2 Å². The van der Waals surface area contributed by atoms with E-state index in [-0.39, 0.29) is 10.8 Å². The molecular formula is C11H13BrN2O3S. The molecule has 1 aromatic carbocycles. The molecule has 1 saturated carbocycles. The third-order valence-electron chi connectivity index (χ3n) is 2.69. The molecule has 0 aromatic heterocycles. The van der Waals surface area contributed by atoms with Crippen molar-refractivity contribution >= 4 is 37.5 Å². The molecule has 0 radical (unpaired) electrons. The first kappa shape index (κ1) is 13.5. The molecule has 7 heteroatoms. The molecule has 0 heterocycles. The highest BCUT2D eigenvalue weighted by molar-refractivity contribution is 9.10. The second-order valence-electron chi connectivity index (χ2n) is 4.39. The largest absolute Gasteiger partial charge is 0.326 e. The predicted octanol–water partition coefficient (Wildman–Crippen LogP) is 1.84. The number of amides is 1. The summed E-state index contributed by atoms with van der Waals surface area (Å²) in [5.41, 5.74) is 0.555. The van der Waals surface area contributed by atoms with Gasteiger partial charge in [-0.05, 0) is 52.9 Å². The Morgan fingerprint density at radius 3 is 2.61 bits per heavy atom. The molecule has 0 atom stereocenters. The second-order valence-corrected chi connectivity index (χ2v) is 6.77. The smallest absolute Gasteiger partial charge is 0.239 e. The summed E-state index contributed by atoms with van der Waals surface area (Å²) in [7, 11) is -3.75. The minimum atomic E-state index is -3.75. The quantitative estimate of drug-likeness (QED) is 0.881. The van der Waals surface area contributed by atoms with Crippen molar-refractivity contribution in [2.45, 2.75) is 24.2 Å². The molecule has 0 bridgehead atoms. The summed E-state index contributed by atoms with van der Waals surface area (Å²) in [6.45, 7) is 0. The van der Waals surface area contributed by atoms with Crippen LogP contribution in [0.25, 0.3) is 0 Å². The third-order valence-corrected chi connectivity index (χ3v) is 4.58. The zero-order valence-electron chi connectivity index (χ0n) is 9.52. The topological polar surface area (TPSA) is 89.3 Å². The zero-order chi connectivity index (χ0) is 13.3. The maximum atomic E-state index is 11.6. The molecule has 1 aromatic rings. The maximum absolute atomic E-state index is 11.6. The number of hydrogen-bond donors (Lipinski definition) is 2. The van der Waals surface area contributed by atoms with Crippen LogP contribution in [0.4, 0.5) is 5.69 Å². The Morgan fingerprint density at radius 2 is 2.11 bits per heavy atom. The highest BCUT2D eigenvalue weighted by Crippen LogP contribution is 2.32. The summed E-state index contributed by atoms with van der Waals surface area (Å²) < 4.78 is 22.7. The molecule has 2 rings (SSSR count). The fraction of sp³-hybridized carbons (Fsp3) is 0.364. The van der Waals surface area contributed by atoms with E-state index in [4.69, 9.17) is 5.14 Å². The lowest BCUT2D eigenvalue weighted by atomic mass is 10.2. The maximum Gasteiger partial charge on any atom is 0.239 e. The van der Waals surface area contributed by atoms with Gasteiger partial charge in [0.2, 0.25) is 15.9 Å². The van der Waals surface area contributed by atoms with Gasteiger partial charge in [-0.15, -0.1) is 0 Å². The molecule has 3 N–H and O–H groups in total. The number of hydrogen-bond acceptors (Lipinski definition) is 3. The molecular weight excluding hydrogens is 320 g/mol. The van der Waals surface area contributed by atoms with Crippen LogP contribution in [0.2, 0.25) is 0 Å². The Balaban J connectivity index is 2.10. The van der Waals surface area contributed by atoms with Gasteiger partial charge < -0.3 is 5.32 Å². The lowest BCUT2D eigenvalue weighted by Crippen LogP contribution is -2.14. The van der Waals surface area contributed by atoms with Gasteiger partial charge in [0.05, 0.1) is 4.90 Å². The number of nitrogens with one attached hydrogen (secondary N) is 1. The molecule has 1 aliphatic carbocycles.